The van der Waals surface area contributed by atoms with E-state index in [0.717, 1.165) is 19.6 Å². The minimum absolute atomic E-state index is 0.00740. The van der Waals surface area contributed by atoms with E-state index in [1.54, 1.807) is 112 Å². The van der Waals surface area contributed by atoms with Crippen LogP contribution in [0.3, 0.4) is 0 Å². The van der Waals surface area contributed by atoms with Crippen LogP contribution >= 0.6 is 0 Å². The lowest BCUT2D eigenvalue weighted by molar-refractivity contribution is -0.161. The molecule has 0 saturated carbocycles. The van der Waals surface area contributed by atoms with Gasteiger partial charge >= 0.3 is 18.0 Å². The number of carbonyl (C=O) groups excluding carboxylic acids is 9. The summed E-state index contributed by atoms with van der Waals surface area (Å²) < 4.78 is 6.87. The number of alkyl carbamates (subject to hydrolysis) is 1. The zero-order valence-corrected chi connectivity index (χ0v) is 55.0. The Morgan fingerprint density at radius 2 is 1.03 bits per heavy atom. The number of amides is 7. The number of unbranched alkanes of at least 4 members (excludes halogenated alkanes) is 2. The van der Waals surface area contributed by atoms with Gasteiger partial charge in [0, 0.05) is 72.2 Å². The zero-order chi connectivity index (χ0) is 68.7. The van der Waals surface area contributed by atoms with Gasteiger partial charge in [0.1, 0.15) is 41.3 Å². The second-order valence-corrected chi connectivity index (χ2v) is 23.6. The van der Waals surface area contributed by atoms with Crippen LogP contribution in [0.1, 0.15) is 166 Å². The maximum Gasteiger partial charge on any atom is 0.407 e. The number of nitrogens with one attached hydrogen (secondary N) is 5. The molecular formula is C68H89N11O16. The van der Waals surface area contributed by atoms with Gasteiger partial charge in [0.05, 0.1) is 11.1 Å². The maximum absolute atomic E-state index is 14.4. The zero-order valence-electron chi connectivity index (χ0n) is 55.0. The molecule has 0 radical (unpaired) electrons. The summed E-state index contributed by atoms with van der Waals surface area (Å²) in [5.41, 5.74) is -2.61. The number of ether oxygens (including phenoxy) is 1. The minimum Gasteiger partial charge on any atom is -0.444 e. The second-order valence-electron chi connectivity index (χ2n) is 23.6. The molecule has 4 bridgehead atoms. The van der Waals surface area contributed by atoms with Crippen molar-refractivity contribution < 1.29 is 67.2 Å². The smallest absolute Gasteiger partial charge is 0.407 e. The largest absolute Gasteiger partial charge is 0.444 e. The van der Waals surface area contributed by atoms with E-state index in [0.29, 0.717) is 83.1 Å². The van der Waals surface area contributed by atoms with Crippen LogP contribution in [-0.4, -0.2) is 181 Å². The molecule has 512 valence electrons. The lowest BCUT2D eigenvalue weighted by atomic mass is 10.1. The Balaban J connectivity index is 1.29. The molecule has 3 aliphatic heterocycles. The van der Waals surface area contributed by atoms with Crippen LogP contribution in [0, 0.1) is 0 Å². The van der Waals surface area contributed by atoms with Gasteiger partial charge in [-0.05, 0) is 152 Å². The van der Waals surface area contributed by atoms with Crippen LogP contribution in [0.25, 0.3) is 0 Å². The van der Waals surface area contributed by atoms with Crippen LogP contribution in [-0.2, 0) is 30.6 Å². The number of aromatic nitrogens is 2. The summed E-state index contributed by atoms with van der Waals surface area (Å²) in [4.78, 5) is 177. The second kappa shape index (κ2) is 38.3. The Labute approximate surface area is 552 Å². The van der Waals surface area contributed by atoms with E-state index in [1.807, 2.05) is 16.7 Å². The highest BCUT2D eigenvalue weighted by Gasteiger charge is 2.27. The molecule has 0 saturated heterocycles. The molecule has 0 spiro atoms. The molecule has 2 aromatic heterocycles. The van der Waals surface area contributed by atoms with Crippen molar-refractivity contribution in [3.63, 3.8) is 0 Å². The molecule has 7 amide bonds. The van der Waals surface area contributed by atoms with Gasteiger partial charge in [-0.25, -0.2) is 14.4 Å². The Bertz CT molecular complexity index is 3490. The summed E-state index contributed by atoms with van der Waals surface area (Å²) >= 11 is 0. The predicted octanol–water partition coefficient (Wildman–Crippen LogP) is 4.97. The fourth-order valence-corrected chi connectivity index (χ4v) is 9.77. The van der Waals surface area contributed by atoms with Crippen molar-refractivity contribution in [2.45, 2.75) is 117 Å². The lowest BCUT2D eigenvalue weighted by Gasteiger charge is -2.26. The predicted molar refractivity (Wildman–Crippen MR) is 351 cm³/mol. The Hall–Kier alpha value is -9.89. The molecule has 5 heterocycles. The van der Waals surface area contributed by atoms with Crippen molar-refractivity contribution in [1.82, 2.24) is 56.0 Å². The first-order valence-corrected chi connectivity index (χ1v) is 32.1. The Morgan fingerprint density at radius 1 is 0.558 bits per heavy atom. The minimum atomic E-state index is -0.944. The normalized spacial score (nSPS) is 15.2. The molecule has 0 aliphatic carbocycles. The molecule has 1 atom stereocenters. The van der Waals surface area contributed by atoms with Crippen molar-refractivity contribution in [2.24, 2.45) is 0 Å². The lowest BCUT2D eigenvalue weighted by Crippen LogP contribution is -2.47. The number of hydrogen-bond acceptors (Lipinski definition) is 18. The van der Waals surface area contributed by atoms with Crippen LogP contribution in [0.4, 0.5) is 4.79 Å². The van der Waals surface area contributed by atoms with Crippen LogP contribution in [0.15, 0.2) is 125 Å². The summed E-state index contributed by atoms with van der Waals surface area (Å²) in [5, 5.41) is 15.8. The molecule has 0 unspecified atom stereocenters. The third-order valence-electron chi connectivity index (χ3n) is 15.0. The van der Waals surface area contributed by atoms with Crippen LogP contribution < -0.4 is 47.4 Å². The van der Waals surface area contributed by atoms with Crippen molar-refractivity contribution in [1.29, 1.82) is 0 Å². The Morgan fingerprint density at radius 3 is 1.53 bits per heavy atom. The topological polar surface area (TPSA) is 317 Å². The number of hydrogen-bond donors (Lipinski definition) is 5. The van der Waals surface area contributed by atoms with Gasteiger partial charge in [0.2, 0.25) is 0 Å². The number of pyridine rings is 2. The molecule has 8 rings (SSSR count). The molecule has 0 fully saturated rings. The maximum atomic E-state index is 14.4. The van der Waals surface area contributed by atoms with Crippen LogP contribution in [0.5, 0.6) is 0 Å². The molecule has 95 heavy (non-hydrogen) atoms. The van der Waals surface area contributed by atoms with Gasteiger partial charge in [-0.15, -0.1) is 9.46 Å². The molecule has 3 aliphatic rings. The Kier molecular flexibility index (Phi) is 29.9. The highest BCUT2D eigenvalue weighted by Crippen LogP contribution is 2.13. The molecule has 3 aromatic carbocycles. The van der Waals surface area contributed by atoms with E-state index in [1.165, 1.54) is 38.4 Å². The fourth-order valence-electron chi connectivity index (χ4n) is 9.77. The van der Waals surface area contributed by atoms with E-state index in [4.69, 9.17) is 24.1 Å². The quantitative estimate of drug-likeness (QED) is 0.0507. The summed E-state index contributed by atoms with van der Waals surface area (Å²) in [6.07, 6.45) is 3.33. The number of fused-ring (bicyclic) bond motifs is 2. The average molecular weight is 1320 g/mol. The highest BCUT2D eigenvalue weighted by atomic mass is 16.7. The van der Waals surface area contributed by atoms with E-state index in [-0.39, 0.29) is 105 Å². The SMILES string of the molecule is CCCCOn1c2ccc(c1=O)C(=O)NCCCN(CCC(=O)N(C)OC(=O)c1ccccc1)CCCCN(CCC(=O)N(C)OC(=O)c1ccccc1)CCCNC(=O)c1ccc(n(OCc3ccccc3)c1=O)C(=O)NC[C@H](CCCCNC(=O)OC(C)(C)C)NC2=O. The van der Waals surface area contributed by atoms with Crippen molar-refractivity contribution in [3.05, 3.63) is 175 Å². The van der Waals surface area contributed by atoms with E-state index in [2.05, 4.69) is 26.6 Å². The number of carbonyl (C=O) groups is 9. The first-order chi connectivity index (χ1) is 45.6. The molecule has 5 N–H and O–H groups in total. The van der Waals surface area contributed by atoms with Crippen molar-refractivity contribution in [3.8, 4) is 0 Å². The monoisotopic (exact) mass is 1320 g/mol. The summed E-state index contributed by atoms with van der Waals surface area (Å²) in [6.45, 7) is 9.16. The number of rotatable bonds is 20. The highest BCUT2D eigenvalue weighted by molar-refractivity contribution is 5.98. The first-order valence-electron chi connectivity index (χ1n) is 32.1. The number of benzene rings is 3. The third-order valence-corrected chi connectivity index (χ3v) is 15.0. The van der Waals surface area contributed by atoms with Crippen molar-refractivity contribution >= 4 is 53.5 Å². The molecule has 5 aromatic rings. The molecular weight excluding hydrogens is 1230 g/mol. The van der Waals surface area contributed by atoms with E-state index >= 15 is 0 Å². The molecule has 27 nitrogen and oxygen atoms in total. The fraction of sp³-hybridized carbons (Fsp3) is 0.456. The average Bonchev–Trinajstić information content (AvgIpc) is 0.819. The third kappa shape index (κ3) is 24.8. The van der Waals surface area contributed by atoms with E-state index < -0.39 is 76.2 Å². The summed E-state index contributed by atoms with van der Waals surface area (Å²) in [5.74, 6) is -5.46. The number of hydroxylamine groups is 4. The van der Waals surface area contributed by atoms with Gasteiger partial charge < -0.3 is 60.5 Å². The van der Waals surface area contributed by atoms with E-state index in [9.17, 15) is 52.7 Å². The standard InChI is InChI=1S/C68H89N11O16/c1-7-8-46-91-78-56-34-32-53(63(78)86)59(82)69-38-22-42-76(44-35-57(80)74(5)94-65(88)50-26-14-10-15-27-50)40-20-21-41-77(45-36-58(81)75(6)95-66(89)51-28-16-11-17-29-51)43-23-39-70-60(83)54-31-33-55(79(64(54)87)92-48-49-24-12-9-13-25-49)61(84)72-47-52(73-62(56)85)30-18-19-37-71-67(90)93-68(2,3)4/h9-17,24-29,31-34,52H,7-8,18-23,30,35-48H2,1-6H3,(H,69,82)(H,70,83)(H,71,90)(H,72,84)(H,73,85)/t52-/m0/s1. The summed E-state index contributed by atoms with van der Waals surface area (Å²) in [7, 11) is 2.71. The van der Waals surface area contributed by atoms with Crippen LogP contribution in [0.2, 0.25) is 0 Å². The van der Waals surface area contributed by atoms with Gasteiger partial charge in [0.15, 0.2) is 0 Å². The van der Waals surface area contributed by atoms with Gasteiger partial charge in [0.25, 0.3) is 46.6 Å². The number of nitrogens with zero attached hydrogens (tertiary/aromatic N) is 6. The molecule has 27 heteroatoms. The van der Waals surface area contributed by atoms with Gasteiger partial charge in [-0.1, -0.05) is 80.1 Å². The van der Waals surface area contributed by atoms with Crippen molar-refractivity contribution in [2.75, 3.05) is 86.1 Å². The van der Waals surface area contributed by atoms with Gasteiger partial charge in [-0.3, -0.25) is 38.4 Å². The van der Waals surface area contributed by atoms with Gasteiger partial charge in [-0.2, -0.15) is 10.1 Å². The first kappa shape index (κ1) is 74.2. The summed E-state index contributed by atoms with van der Waals surface area (Å²) in [6, 6.07) is 29.4.